The van der Waals surface area contributed by atoms with Crippen LogP contribution in [0.5, 0.6) is 0 Å². The number of ketones is 1. The normalized spacial score (nSPS) is 27.1. The van der Waals surface area contributed by atoms with Gasteiger partial charge in [0.2, 0.25) is 5.78 Å². The lowest BCUT2D eigenvalue weighted by molar-refractivity contribution is -0.552. The summed E-state index contributed by atoms with van der Waals surface area (Å²) in [5, 5.41) is 11.3. The van der Waals surface area contributed by atoms with Crippen molar-refractivity contribution in [2.45, 2.75) is 76.2 Å². The van der Waals surface area contributed by atoms with E-state index in [9.17, 15) is 19.7 Å². The Morgan fingerprint density at radius 1 is 1.05 bits per heavy atom. The van der Waals surface area contributed by atoms with Crippen molar-refractivity contribution in [2.75, 3.05) is 0 Å². The van der Waals surface area contributed by atoms with Crippen molar-refractivity contribution in [2.24, 2.45) is 0 Å². The van der Waals surface area contributed by atoms with Crippen LogP contribution in [0.25, 0.3) is 0 Å². The molecule has 1 saturated carbocycles. The first-order chi connectivity index (χ1) is 9.13. The molecule has 1 atom stereocenters. The molecule has 0 spiro atoms. The smallest absolute Gasteiger partial charge is 0.285 e. The number of carbonyl (C=O) groups is 2. The van der Waals surface area contributed by atoms with Crippen LogP contribution in [0.2, 0.25) is 0 Å². The van der Waals surface area contributed by atoms with Gasteiger partial charge in [-0.2, -0.15) is 0 Å². The van der Waals surface area contributed by atoms with Gasteiger partial charge in [-0.15, -0.1) is 0 Å². The lowest BCUT2D eigenvalue weighted by Crippen LogP contribution is -2.47. The number of rotatable bonds is 3. The highest BCUT2D eigenvalue weighted by atomic mass is 16.6. The van der Waals surface area contributed by atoms with Gasteiger partial charge >= 0.3 is 0 Å². The number of Topliss-reactive ketones (excluding diaryl/α,β-unsaturated/α-hetero) is 1. The molecule has 0 N–H and O–H groups in total. The quantitative estimate of drug-likeness (QED) is 0.448. The molecule has 19 heavy (non-hydrogen) atoms. The maximum absolute atomic E-state index is 12.2. The highest BCUT2D eigenvalue weighted by Crippen LogP contribution is 2.27. The van der Waals surface area contributed by atoms with E-state index in [0.29, 0.717) is 19.1 Å². The molecule has 0 aromatic carbocycles. The molecule has 0 heterocycles. The van der Waals surface area contributed by atoms with E-state index in [2.05, 4.69) is 0 Å². The van der Waals surface area contributed by atoms with Crippen molar-refractivity contribution in [3.05, 3.63) is 10.1 Å². The summed E-state index contributed by atoms with van der Waals surface area (Å²) in [6, 6.07) is 0. The summed E-state index contributed by atoms with van der Waals surface area (Å²) in [7, 11) is 0. The molecule has 5 nitrogen and oxygen atoms in total. The number of hydrogen-bond donors (Lipinski definition) is 0. The Morgan fingerprint density at radius 2 is 1.58 bits per heavy atom. The molecule has 108 valence electrons. The maximum atomic E-state index is 12.2. The van der Waals surface area contributed by atoms with E-state index in [1.807, 2.05) is 0 Å². The van der Waals surface area contributed by atoms with Crippen molar-refractivity contribution >= 4 is 12.1 Å². The van der Waals surface area contributed by atoms with Gasteiger partial charge in [-0.3, -0.25) is 14.9 Å². The minimum absolute atomic E-state index is 0.206. The van der Waals surface area contributed by atoms with Gasteiger partial charge in [-0.25, -0.2) is 0 Å². The molecule has 0 saturated heterocycles. The molecule has 1 rings (SSSR count). The molecule has 0 aromatic rings. The Morgan fingerprint density at radius 3 is 2.11 bits per heavy atom. The summed E-state index contributed by atoms with van der Waals surface area (Å²) in [5.74, 6) is -0.356. The fraction of sp³-hybridized carbons (Fsp3) is 0.857. The van der Waals surface area contributed by atoms with Crippen LogP contribution in [-0.2, 0) is 9.59 Å². The van der Waals surface area contributed by atoms with Gasteiger partial charge in [-0.05, 0) is 12.8 Å². The van der Waals surface area contributed by atoms with E-state index in [-0.39, 0.29) is 25.0 Å². The first kappa shape index (κ1) is 15.8. The zero-order chi connectivity index (χ0) is 14.1. The van der Waals surface area contributed by atoms with Crippen molar-refractivity contribution < 1.29 is 14.5 Å². The third-order valence-electron chi connectivity index (χ3n) is 4.03. The van der Waals surface area contributed by atoms with E-state index in [1.165, 1.54) is 6.42 Å². The summed E-state index contributed by atoms with van der Waals surface area (Å²) in [5.41, 5.74) is -1.65. The lowest BCUT2D eigenvalue weighted by atomic mass is 9.83. The Labute approximate surface area is 113 Å². The van der Waals surface area contributed by atoms with Gasteiger partial charge in [0, 0.05) is 17.8 Å². The van der Waals surface area contributed by atoms with E-state index in [0.717, 1.165) is 32.1 Å². The van der Waals surface area contributed by atoms with Gasteiger partial charge < -0.3 is 4.79 Å². The van der Waals surface area contributed by atoms with Crippen LogP contribution < -0.4 is 0 Å². The highest BCUT2D eigenvalue weighted by Gasteiger charge is 2.48. The predicted molar refractivity (Wildman–Crippen MR) is 71.6 cm³/mol. The fourth-order valence-corrected chi connectivity index (χ4v) is 2.76. The van der Waals surface area contributed by atoms with Crippen molar-refractivity contribution in [1.29, 1.82) is 0 Å². The van der Waals surface area contributed by atoms with Crippen LogP contribution in [0.4, 0.5) is 0 Å². The van der Waals surface area contributed by atoms with Gasteiger partial charge in [0.1, 0.15) is 6.29 Å². The zero-order valence-corrected chi connectivity index (χ0v) is 11.4. The Balaban J connectivity index is 2.81. The standard InChI is InChI=1S/C14H23NO4/c16-12-11-14(15(18)19)10-8-6-4-2-1-3-5-7-9-13(14)17/h12H,1-11H2. The third kappa shape index (κ3) is 4.40. The summed E-state index contributed by atoms with van der Waals surface area (Å²) < 4.78 is 0. The minimum Gasteiger partial charge on any atom is -0.303 e. The second-order valence-corrected chi connectivity index (χ2v) is 5.41. The molecular weight excluding hydrogens is 246 g/mol. The predicted octanol–water partition coefficient (Wildman–Crippen LogP) is 3.07. The SMILES string of the molecule is O=CCC1([N+](=O)[O-])CCCCCCCCCCC1=O. The number of nitrogens with zero attached hydrogens (tertiary/aromatic N) is 1. The van der Waals surface area contributed by atoms with E-state index >= 15 is 0 Å². The molecule has 1 fully saturated rings. The zero-order valence-electron chi connectivity index (χ0n) is 11.4. The van der Waals surface area contributed by atoms with Crippen LogP contribution >= 0.6 is 0 Å². The Bertz CT molecular complexity index is 329. The third-order valence-corrected chi connectivity index (χ3v) is 4.03. The summed E-state index contributed by atoms with van der Waals surface area (Å²) in [4.78, 5) is 33.7. The molecule has 1 unspecified atom stereocenters. The number of nitro groups is 1. The van der Waals surface area contributed by atoms with Gasteiger partial charge in [-0.1, -0.05) is 38.5 Å². The molecule has 1 aliphatic carbocycles. The van der Waals surface area contributed by atoms with E-state index < -0.39 is 10.5 Å². The molecule has 0 aromatic heterocycles. The summed E-state index contributed by atoms with van der Waals surface area (Å²) in [6.45, 7) is 0. The largest absolute Gasteiger partial charge is 0.303 e. The van der Waals surface area contributed by atoms with Crippen LogP contribution in [0.3, 0.4) is 0 Å². The van der Waals surface area contributed by atoms with Crippen LogP contribution in [0, 0.1) is 10.1 Å². The van der Waals surface area contributed by atoms with Crippen LogP contribution in [-0.4, -0.2) is 22.5 Å². The average Bonchev–Trinajstić information content (AvgIpc) is 2.37. The van der Waals surface area contributed by atoms with E-state index in [1.54, 1.807) is 0 Å². The average molecular weight is 269 g/mol. The first-order valence-electron chi connectivity index (χ1n) is 7.25. The number of aldehydes is 1. The van der Waals surface area contributed by atoms with Crippen molar-refractivity contribution in [3.63, 3.8) is 0 Å². The Kier molecular flexibility index (Phi) is 6.67. The fourth-order valence-electron chi connectivity index (χ4n) is 2.76. The first-order valence-corrected chi connectivity index (χ1v) is 7.25. The summed E-state index contributed by atoms with van der Waals surface area (Å²) >= 11 is 0. The minimum atomic E-state index is -1.65. The molecule has 0 radical (unpaired) electrons. The second kappa shape index (κ2) is 8.02. The van der Waals surface area contributed by atoms with Gasteiger partial charge in [0.25, 0.3) is 5.54 Å². The summed E-state index contributed by atoms with van der Waals surface area (Å²) in [6.07, 6.45) is 8.37. The highest BCUT2D eigenvalue weighted by molar-refractivity contribution is 5.89. The van der Waals surface area contributed by atoms with Crippen LogP contribution in [0.1, 0.15) is 70.6 Å². The topological polar surface area (TPSA) is 77.3 Å². The lowest BCUT2D eigenvalue weighted by Gasteiger charge is -2.22. The molecule has 0 aliphatic heterocycles. The van der Waals surface area contributed by atoms with E-state index in [4.69, 9.17) is 0 Å². The number of hydrogen-bond acceptors (Lipinski definition) is 4. The second-order valence-electron chi connectivity index (χ2n) is 5.41. The maximum Gasteiger partial charge on any atom is 0.285 e. The molecule has 0 bridgehead atoms. The monoisotopic (exact) mass is 269 g/mol. The molecular formula is C14H23NO4. The number of carbonyl (C=O) groups excluding carboxylic acids is 2. The Hall–Kier alpha value is -1.26. The van der Waals surface area contributed by atoms with Crippen molar-refractivity contribution in [1.82, 2.24) is 0 Å². The van der Waals surface area contributed by atoms with Crippen molar-refractivity contribution in [3.8, 4) is 0 Å². The molecule has 1 aliphatic rings. The molecule has 0 amide bonds. The van der Waals surface area contributed by atoms with Gasteiger partial charge in [0.05, 0.1) is 6.42 Å². The van der Waals surface area contributed by atoms with Crippen LogP contribution in [0.15, 0.2) is 0 Å². The van der Waals surface area contributed by atoms with Gasteiger partial charge in [0.15, 0.2) is 0 Å². The molecule has 5 heteroatoms.